The molecule has 0 amide bonds. The SMILES string of the molecule is N#Cc1cc(S(=O)(=O)Nc2nccs2)c(F)cc1NCCCCC[C@@H]1CCNC1. The molecule has 0 spiro atoms. The summed E-state index contributed by atoms with van der Waals surface area (Å²) in [5.41, 5.74) is 0.390. The lowest BCUT2D eigenvalue weighted by molar-refractivity contribution is 0.493. The van der Waals surface area contributed by atoms with Gasteiger partial charge in [-0.25, -0.2) is 17.8 Å². The van der Waals surface area contributed by atoms with Gasteiger partial charge in [-0.2, -0.15) is 5.26 Å². The van der Waals surface area contributed by atoms with Gasteiger partial charge in [0.1, 0.15) is 16.8 Å². The Morgan fingerprint density at radius 3 is 2.90 bits per heavy atom. The number of rotatable bonds is 10. The lowest BCUT2D eigenvalue weighted by Gasteiger charge is -2.12. The molecule has 0 radical (unpaired) electrons. The quantitative estimate of drug-likeness (QED) is 0.491. The van der Waals surface area contributed by atoms with E-state index >= 15 is 0 Å². The molecule has 7 nitrogen and oxygen atoms in total. The van der Waals surface area contributed by atoms with Crippen molar-refractivity contribution in [2.75, 3.05) is 29.7 Å². The zero-order valence-electron chi connectivity index (χ0n) is 15.9. The molecule has 2 aromatic rings. The Bertz CT molecular complexity index is 952. The van der Waals surface area contributed by atoms with Crippen LogP contribution < -0.4 is 15.4 Å². The van der Waals surface area contributed by atoms with Crippen LogP contribution in [0.2, 0.25) is 0 Å². The highest BCUT2D eigenvalue weighted by Gasteiger charge is 2.23. The molecule has 0 saturated carbocycles. The van der Waals surface area contributed by atoms with Gasteiger partial charge in [0.15, 0.2) is 5.13 Å². The second kappa shape index (κ2) is 10.0. The number of nitriles is 1. The van der Waals surface area contributed by atoms with Gasteiger partial charge in [0.05, 0.1) is 11.3 Å². The van der Waals surface area contributed by atoms with Crippen LogP contribution >= 0.6 is 11.3 Å². The summed E-state index contributed by atoms with van der Waals surface area (Å²) in [6.45, 7) is 2.82. The highest BCUT2D eigenvalue weighted by molar-refractivity contribution is 7.93. The van der Waals surface area contributed by atoms with Gasteiger partial charge in [-0.05, 0) is 50.4 Å². The smallest absolute Gasteiger partial charge is 0.266 e. The minimum Gasteiger partial charge on any atom is -0.384 e. The van der Waals surface area contributed by atoms with E-state index in [2.05, 4.69) is 20.3 Å². The first-order valence-electron chi connectivity index (χ1n) is 9.60. The topological polar surface area (TPSA) is 107 Å². The van der Waals surface area contributed by atoms with Gasteiger partial charge in [-0.15, -0.1) is 11.3 Å². The second-order valence-corrected chi connectivity index (χ2v) is 9.56. The first kappa shape index (κ1) is 21.5. The summed E-state index contributed by atoms with van der Waals surface area (Å²) in [5, 5.41) is 17.5. The van der Waals surface area contributed by atoms with Gasteiger partial charge < -0.3 is 10.6 Å². The molecule has 29 heavy (non-hydrogen) atoms. The molecule has 2 heterocycles. The fraction of sp³-hybridized carbons (Fsp3) is 0.474. The highest BCUT2D eigenvalue weighted by Crippen LogP contribution is 2.26. The van der Waals surface area contributed by atoms with Crippen LogP contribution in [0, 0.1) is 23.1 Å². The van der Waals surface area contributed by atoms with Crippen LogP contribution in [0.25, 0.3) is 0 Å². The predicted molar refractivity (Wildman–Crippen MR) is 112 cm³/mol. The zero-order valence-corrected chi connectivity index (χ0v) is 17.6. The number of nitrogens with one attached hydrogen (secondary N) is 3. The summed E-state index contributed by atoms with van der Waals surface area (Å²) >= 11 is 1.08. The van der Waals surface area contributed by atoms with Crippen molar-refractivity contribution in [2.45, 2.75) is 37.0 Å². The standard InChI is InChI=1S/C19H24FN5O2S2/c20-16-11-17(23-6-3-1-2-4-14-5-7-22-13-14)15(12-21)10-18(16)29(26,27)25-19-24-8-9-28-19/h8-11,14,22-23H,1-7,13H2,(H,24,25)/t14-/m1/s1. The number of anilines is 2. The van der Waals surface area contributed by atoms with Crippen molar-refractivity contribution in [2.24, 2.45) is 5.92 Å². The third-order valence-corrected chi connectivity index (χ3v) is 7.07. The maximum Gasteiger partial charge on any atom is 0.266 e. The third-order valence-electron chi connectivity index (χ3n) is 4.90. The summed E-state index contributed by atoms with van der Waals surface area (Å²) in [6.07, 6.45) is 7.00. The van der Waals surface area contributed by atoms with E-state index < -0.39 is 20.7 Å². The fourth-order valence-corrected chi connectivity index (χ4v) is 5.24. The van der Waals surface area contributed by atoms with Gasteiger partial charge in [-0.3, -0.25) is 4.72 Å². The maximum absolute atomic E-state index is 14.5. The summed E-state index contributed by atoms with van der Waals surface area (Å²) in [6, 6.07) is 4.07. The van der Waals surface area contributed by atoms with Crippen molar-refractivity contribution >= 4 is 32.2 Å². The first-order valence-corrected chi connectivity index (χ1v) is 12.0. The van der Waals surface area contributed by atoms with E-state index in [1.54, 1.807) is 5.38 Å². The molecule has 1 aromatic carbocycles. The van der Waals surface area contributed by atoms with Crippen molar-refractivity contribution < 1.29 is 12.8 Å². The molecule has 1 aliphatic rings. The van der Waals surface area contributed by atoms with Crippen LogP contribution in [0.3, 0.4) is 0 Å². The van der Waals surface area contributed by atoms with E-state index in [1.807, 2.05) is 6.07 Å². The molecule has 3 N–H and O–H groups in total. The van der Waals surface area contributed by atoms with E-state index in [9.17, 15) is 18.1 Å². The van der Waals surface area contributed by atoms with Gasteiger partial charge in [0, 0.05) is 18.1 Å². The third kappa shape index (κ3) is 5.88. The number of hydrogen-bond donors (Lipinski definition) is 3. The molecule has 1 fully saturated rings. The van der Waals surface area contributed by atoms with E-state index in [0.717, 1.165) is 61.7 Å². The number of benzene rings is 1. The van der Waals surface area contributed by atoms with Crippen LogP contribution in [0.4, 0.5) is 15.2 Å². The van der Waals surface area contributed by atoms with Crippen LogP contribution in [0.1, 0.15) is 37.7 Å². The van der Waals surface area contributed by atoms with Crippen LogP contribution in [-0.4, -0.2) is 33.0 Å². The average molecular weight is 438 g/mol. The van der Waals surface area contributed by atoms with Crippen LogP contribution in [-0.2, 0) is 10.0 Å². The number of thiazole rings is 1. The van der Waals surface area contributed by atoms with E-state index in [-0.39, 0.29) is 10.7 Å². The number of aromatic nitrogens is 1. The number of unbranched alkanes of at least 4 members (excludes halogenated alkanes) is 2. The average Bonchev–Trinajstić information content (AvgIpc) is 3.38. The van der Waals surface area contributed by atoms with Gasteiger partial charge >= 0.3 is 0 Å². The van der Waals surface area contributed by atoms with Crippen molar-refractivity contribution in [3.05, 3.63) is 35.1 Å². The van der Waals surface area contributed by atoms with Gasteiger partial charge in [0.2, 0.25) is 0 Å². The van der Waals surface area contributed by atoms with Crippen molar-refractivity contribution in [1.82, 2.24) is 10.3 Å². The number of nitrogens with zero attached hydrogens (tertiary/aromatic N) is 2. The van der Waals surface area contributed by atoms with Crippen LogP contribution in [0.15, 0.2) is 28.6 Å². The molecule has 0 bridgehead atoms. The van der Waals surface area contributed by atoms with Crippen molar-refractivity contribution in [3.8, 4) is 6.07 Å². The van der Waals surface area contributed by atoms with Gasteiger partial charge in [0.25, 0.3) is 10.0 Å². The molecule has 1 saturated heterocycles. The van der Waals surface area contributed by atoms with Crippen molar-refractivity contribution in [1.29, 1.82) is 5.26 Å². The van der Waals surface area contributed by atoms with Crippen molar-refractivity contribution in [3.63, 3.8) is 0 Å². The molecule has 1 atom stereocenters. The Labute approximate surface area is 174 Å². The molecule has 0 aliphatic carbocycles. The molecule has 156 valence electrons. The van der Waals surface area contributed by atoms with E-state index in [1.165, 1.54) is 19.0 Å². The summed E-state index contributed by atoms with van der Waals surface area (Å²) in [5.74, 6) is -0.140. The highest BCUT2D eigenvalue weighted by atomic mass is 32.2. The van der Waals surface area contributed by atoms with E-state index in [0.29, 0.717) is 12.2 Å². The summed E-state index contributed by atoms with van der Waals surface area (Å²) < 4.78 is 41.6. The Balaban J connectivity index is 1.57. The number of sulfonamides is 1. The second-order valence-electron chi connectivity index (χ2n) is 7.02. The van der Waals surface area contributed by atoms with E-state index in [4.69, 9.17) is 0 Å². The lowest BCUT2D eigenvalue weighted by Crippen LogP contribution is -2.15. The molecule has 0 unspecified atom stereocenters. The normalized spacial score (nSPS) is 16.5. The molecule has 1 aromatic heterocycles. The van der Waals surface area contributed by atoms with Crippen LogP contribution in [0.5, 0.6) is 0 Å². The lowest BCUT2D eigenvalue weighted by atomic mass is 10.0. The Morgan fingerprint density at radius 1 is 1.34 bits per heavy atom. The Hall–Kier alpha value is -2.22. The van der Waals surface area contributed by atoms with Gasteiger partial charge in [-0.1, -0.05) is 12.8 Å². The molecule has 10 heteroatoms. The minimum atomic E-state index is -4.17. The predicted octanol–water partition coefficient (Wildman–Crippen LogP) is 3.54. The molecule has 1 aliphatic heterocycles. The first-order chi connectivity index (χ1) is 14.0. The molecular weight excluding hydrogens is 413 g/mol. The zero-order chi connectivity index (χ0) is 20.7. The largest absolute Gasteiger partial charge is 0.384 e. The molecular formula is C19H24FN5O2S2. The minimum absolute atomic E-state index is 0.0861. The molecule has 3 rings (SSSR count). The number of halogens is 1. The number of hydrogen-bond acceptors (Lipinski definition) is 7. The Kier molecular flexibility index (Phi) is 7.41. The fourth-order valence-electron chi connectivity index (χ4n) is 3.36. The monoisotopic (exact) mass is 437 g/mol. The maximum atomic E-state index is 14.5. The Morgan fingerprint density at radius 2 is 2.21 bits per heavy atom. The summed E-state index contributed by atoms with van der Waals surface area (Å²) in [7, 11) is -4.17. The summed E-state index contributed by atoms with van der Waals surface area (Å²) in [4.78, 5) is 3.26.